The van der Waals surface area contributed by atoms with Gasteiger partial charge in [0.2, 0.25) is 0 Å². The van der Waals surface area contributed by atoms with Crippen molar-refractivity contribution in [3.63, 3.8) is 0 Å². The Hall–Kier alpha value is -2.29. The summed E-state index contributed by atoms with van der Waals surface area (Å²) in [4.78, 5) is 25.5. The first kappa shape index (κ1) is 18.8. The number of ether oxygens (including phenoxy) is 1. The lowest BCUT2D eigenvalue weighted by Crippen LogP contribution is -3.11. The van der Waals surface area contributed by atoms with Gasteiger partial charge in [-0.05, 0) is 24.3 Å². The van der Waals surface area contributed by atoms with E-state index in [9.17, 15) is 22.8 Å². The molecule has 0 aliphatic rings. The zero-order valence-corrected chi connectivity index (χ0v) is 13.0. The number of carbonyl (C=O) groups is 2. The van der Waals surface area contributed by atoms with Crippen molar-refractivity contribution in [1.82, 2.24) is 4.90 Å². The summed E-state index contributed by atoms with van der Waals surface area (Å²) in [6.45, 7) is 0.221. The number of halogens is 3. The highest BCUT2D eigenvalue weighted by molar-refractivity contribution is 5.91. The van der Waals surface area contributed by atoms with Crippen LogP contribution in [0.5, 0.6) is 5.75 Å². The van der Waals surface area contributed by atoms with Gasteiger partial charge in [0.1, 0.15) is 5.75 Å². The van der Waals surface area contributed by atoms with Crippen LogP contribution in [0.1, 0.15) is 0 Å². The number of rotatable bonds is 6. The number of hydrogen-bond donors (Lipinski definition) is 2. The van der Waals surface area contributed by atoms with Gasteiger partial charge in [-0.1, -0.05) is 0 Å². The molecule has 1 unspecified atom stereocenters. The molecule has 0 radical (unpaired) electrons. The molecular weight excluding hydrogens is 315 g/mol. The lowest BCUT2D eigenvalue weighted by molar-refractivity contribution is -0.862. The average Bonchev–Trinajstić information content (AvgIpc) is 2.38. The number of alkyl halides is 3. The predicted octanol–water partition coefficient (Wildman–Crippen LogP) is 0.127. The minimum Gasteiger partial charge on any atom is -0.406 e. The molecular formula is C14H19F3N3O3+. The van der Waals surface area contributed by atoms with Crippen LogP contribution in [0, 0.1) is 0 Å². The SMILES string of the molecule is CN(C)C(=O)C[NH+](C)CC(=O)Nc1ccc(OC(F)(F)F)cc1. The Morgan fingerprint density at radius 3 is 2.22 bits per heavy atom. The molecule has 1 rings (SSSR count). The molecule has 0 aromatic heterocycles. The normalized spacial score (nSPS) is 12.4. The molecule has 1 atom stereocenters. The second-order valence-corrected chi connectivity index (χ2v) is 5.22. The number of hydrogen-bond acceptors (Lipinski definition) is 3. The van der Waals surface area contributed by atoms with E-state index in [4.69, 9.17) is 0 Å². The zero-order chi connectivity index (χ0) is 17.6. The molecule has 0 heterocycles. The fraction of sp³-hybridized carbons (Fsp3) is 0.429. The third-order valence-electron chi connectivity index (χ3n) is 2.79. The molecule has 0 fully saturated rings. The summed E-state index contributed by atoms with van der Waals surface area (Å²) in [7, 11) is 4.95. The average molecular weight is 334 g/mol. The number of carbonyl (C=O) groups excluding carboxylic acids is 2. The Morgan fingerprint density at radius 1 is 1.17 bits per heavy atom. The molecule has 0 aliphatic carbocycles. The molecule has 23 heavy (non-hydrogen) atoms. The van der Waals surface area contributed by atoms with Crippen LogP contribution in [0.2, 0.25) is 0 Å². The fourth-order valence-corrected chi connectivity index (χ4v) is 1.70. The fourth-order valence-electron chi connectivity index (χ4n) is 1.70. The van der Waals surface area contributed by atoms with Gasteiger partial charge >= 0.3 is 6.36 Å². The van der Waals surface area contributed by atoms with Gasteiger partial charge in [0, 0.05) is 19.8 Å². The van der Waals surface area contributed by atoms with Crippen LogP contribution in [0.25, 0.3) is 0 Å². The lowest BCUT2D eigenvalue weighted by atomic mass is 10.3. The first-order chi connectivity index (χ1) is 10.6. The molecule has 9 heteroatoms. The number of nitrogens with one attached hydrogen (secondary N) is 2. The molecule has 0 saturated carbocycles. The van der Waals surface area contributed by atoms with E-state index >= 15 is 0 Å². The van der Waals surface area contributed by atoms with Crippen LogP contribution in [0.3, 0.4) is 0 Å². The van der Waals surface area contributed by atoms with Crippen LogP contribution >= 0.6 is 0 Å². The number of likely N-dealkylation sites (N-methyl/N-ethyl adjacent to an activating group) is 2. The van der Waals surface area contributed by atoms with Crippen LogP contribution in [0.15, 0.2) is 24.3 Å². The van der Waals surface area contributed by atoms with Crippen LogP contribution in [0.4, 0.5) is 18.9 Å². The van der Waals surface area contributed by atoms with Gasteiger partial charge < -0.3 is 19.9 Å². The highest BCUT2D eigenvalue weighted by Crippen LogP contribution is 2.23. The molecule has 0 aliphatic heterocycles. The minimum atomic E-state index is -4.75. The van der Waals surface area contributed by atoms with Crippen molar-refractivity contribution in [2.24, 2.45) is 0 Å². The van der Waals surface area contributed by atoms with Gasteiger partial charge in [-0.15, -0.1) is 13.2 Å². The monoisotopic (exact) mass is 334 g/mol. The first-order valence-corrected chi connectivity index (χ1v) is 6.74. The minimum absolute atomic E-state index is 0.0559. The number of amides is 2. The number of anilines is 1. The van der Waals surface area contributed by atoms with E-state index in [0.717, 1.165) is 12.1 Å². The first-order valence-electron chi connectivity index (χ1n) is 6.74. The summed E-state index contributed by atoms with van der Waals surface area (Å²) in [5.74, 6) is -0.822. The summed E-state index contributed by atoms with van der Waals surface area (Å²) in [6.07, 6.45) is -4.75. The highest BCUT2D eigenvalue weighted by Gasteiger charge is 2.31. The number of benzene rings is 1. The van der Waals surface area contributed by atoms with E-state index in [1.54, 1.807) is 21.1 Å². The molecule has 0 spiro atoms. The Balaban J connectivity index is 2.49. The number of quaternary nitrogens is 1. The Morgan fingerprint density at radius 2 is 1.74 bits per heavy atom. The summed E-state index contributed by atoms with van der Waals surface area (Å²) < 4.78 is 39.8. The third kappa shape index (κ3) is 7.50. The van der Waals surface area contributed by atoms with E-state index in [2.05, 4.69) is 10.1 Å². The number of nitrogens with zero attached hydrogens (tertiary/aromatic N) is 1. The molecule has 2 N–H and O–H groups in total. The van der Waals surface area contributed by atoms with E-state index in [-0.39, 0.29) is 30.7 Å². The van der Waals surface area contributed by atoms with Gasteiger partial charge in [0.25, 0.3) is 11.8 Å². The zero-order valence-electron chi connectivity index (χ0n) is 13.0. The van der Waals surface area contributed by atoms with E-state index < -0.39 is 6.36 Å². The van der Waals surface area contributed by atoms with Gasteiger partial charge in [-0.2, -0.15) is 0 Å². The maximum absolute atomic E-state index is 12.0. The summed E-state index contributed by atoms with van der Waals surface area (Å²) in [6, 6.07) is 4.82. The van der Waals surface area contributed by atoms with Crippen LogP contribution < -0.4 is 15.0 Å². The smallest absolute Gasteiger partial charge is 0.406 e. The van der Waals surface area contributed by atoms with E-state index in [1.165, 1.54) is 17.0 Å². The topological polar surface area (TPSA) is 63.1 Å². The molecule has 1 aromatic carbocycles. The second kappa shape index (κ2) is 7.82. The molecule has 0 saturated heterocycles. The standard InChI is InChI=1S/C14H18F3N3O3/c1-19(2)13(22)9-20(3)8-12(21)18-10-4-6-11(7-5-10)23-14(15,16)17/h4-7H,8-9H2,1-3H3,(H,18,21)/p+1. The van der Waals surface area contributed by atoms with Crippen molar-refractivity contribution in [3.8, 4) is 5.75 Å². The van der Waals surface area contributed by atoms with E-state index in [1.807, 2.05) is 0 Å². The van der Waals surface area contributed by atoms with Crippen molar-refractivity contribution in [2.75, 3.05) is 39.5 Å². The van der Waals surface area contributed by atoms with Crippen LogP contribution in [-0.4, -0.2) is 57.3 Å². The quantitative estimate of drug-likeness (QED) is 0.777. The van der Waals surface area contributed by atoms with Crippen LogP contribution in [-0.2, 0) is 9.59 Å². The molecule has 128 valence electrons. The van der Waals surface area contributed by atoms with Crippen molar-refractivity contribution >= 4 is 17.5 Å². The summed E-state index contributed by atoms with van der Waals surface area (Å²) in [5, 5.41) is 2.54. The highest BCUT2D eigenvalue weighted by atomic mass is 19.4. The predicted molar refractivity (Wildman–Crippen MR) is 77.1 cm³/mol. The van der Waals surface area contributed by atoms with Crippen molar-refractivity contribution in [3.05, 3.63) is 24.3 Å². The van der Waals surface area contributed by atoms with E-state index in [0.29, 0.717) is 10.6 Å². The molecule has 1 aromatic rings. The molecule has 6 nitrogen and oxygen atoms in total. The lowest BCUT2D eigenvalue weighted by Gasteiger charge is -2.16. The van der Waals surface area contributed by atoms with Gasteiger partial charge in [-0.25, -0.2) is 0 Å². The Bertz CT molecular complexity index is 544. The largest absolute Gasteiger partial charge is 0.573 e. The van der Waals surface area contributed by atoms with Crippen molar-refractivity contribution in [1.29, 1.82) is 0 Å². The Kier molecular flexibility index (Phi) is 6.38. The maximum Gasteiger partial charge on any atom is 0.573 e. The van der Waals surface area contributed by atoms with Crippen molar-refractivity contribution in [2.45, 2.75) is 6.36 Å². The third-order valence-corrected chi connectivity index (χ3v) is 2.79. The Labute approximate surface area is 131 Å². The molecule has 0 bridgehead atoms. The van der Waals surface area contributed by atoms with Crippen molar-refractivity contribution < 1.29 is 32.4 Å². The second-order valence-electron chi connectivity index (χ2n) is 5.22. The van der Waals surface area contributed by atoms with Gasteiger partial charge in [-0.3, -0.25) is 9.59 Å². The van der Waals surface area contributed by atoms with Gasteiger partial charge in [0.05, 0.1) is 7.05 Å². The van der Waals surface area contributed by atoms with Gasteiger partial charge in [0.15, 0.2) is 13.1 Å². The maximum atomic E-state index is 12.0. The summed E-state index contributed by atoms with van der Waals surface area (Å²) >= 11 is 0. The molecule has 2 amide bonds. The summed E-state index contributed by atoms with van der Waals surface area (Å²) in [5.41, 5.74) is 0.344.